The van der Waals surface area contributed by atoms with Gasteiger partial charge in [-0.15, -0.1) is 0 Å². The van der Waals surface area contributed by atoms with Crippen LogP contribution in [0.1, 0.15) is 342 Å². The van der Waals surface area contributed by atoms with Gasteiger partial charge in [-0.05, 0) is 116 Å². The predicted octanol–water partition coefficient (Wildman–Crippen LogP) is 23.4. The zero-order chi connectivity index (χ0) is 57.1. The van der Waals surface area contributed by atoms with Gasteiger partial charge in [0.25, 0.3) is 0 Å². The summed E-state index contributed by atoms with van der Waals surface area (Å²) in [6.07, 6.45) is 88.9. The fraction of sp³-hybridized carbons (Fsp3) is 0.767. The average Bonchev–Trinajstić information content (AvgIpc) is 3.45. The molecule has 0 N–H and O–H groups in total. The van der Waals surface area contributed by atoms with Gasteiger partial charge in [0.15, 0.2) is 6.10 Å². The normalized spacial score (nSPS) is 12.6. The van der Waals surface area contributed by atoms with Gasteiger partial charge in [0.05, 0.1) is 0 Å². The number of esters is 3. The van der Waals surface area contributed by atoms with Crippen molar-refractivity contribution in [2.24, 2.45) is 0 Å². The quantitative estimate of drug-likeness (QED) is 0.0261. The zero-order valence-electron chi connectivity index (χ0n) is 52.4. The summed E-state index contributed by atoms with van der Waals surface area (Å²) in [5.74, 6) is -0.899. The van der Waals surface area contributed by atoms with Crippen LogP contribution >= 0.6 is 0 Å². The second kappa shape index (κ2) is 67.1. The highest BCUT2D eigenvalue weighted by molar-refractivity contribution is 5.71. The second-order valence-electron chi connectivity index (χ2n) is 22.7. The minimum absolute atomic E-state index is 0.0852. The number of unbranched alkanes of at least 4 members (excludes halogenated alkanes) is 37. The Kier molecular flexibility index (Phi) is 64.2. The van der Waals surface area contributed by atoms with E-state index < -0.39 is 6.10 Å². The number of allylic oxidation sites excluding steroid dienone is 14. The number of hydrogen-bond acceptors (Lipinski definition) is 6. The van der Waals surface area contributed by atoms with E-state index in [1.54, 1.807) is 0 Å². The van der Waals surface area contributed by atoms with Crippen LogP contribution in [0, 0.1) is 0 Å². The molecule has 0 aliphatic heterocycles. The molecule has 0 spiro atoms. The molecule has 6 nitrogen and oxygen atoms in total. The standard InChI is InChI=1S/C73H128O6/c1-4-7-10-13-16-19-22-25-28-30-32-33-34-35-36-37-38-39-41-42-45-48-51-54-57-60-63-66-72(75)78-69-70(68-77-71(74)65-62-59-56-53-50-47-44-27-24-21-18-15-12-9-6-3)79-73(76)67-64-61-58-55-52-49-46-43-40-31-29-26-23-20-17-14-11-8-5-2/h8,11,17-18,20-21,26-27,29-30,32,40,43-44,70H,4-7,9-10,12-16,19,22-25,28,31,33-39,41-42,45-69H2,1-3H3/b11-8-,20-17-,21-18-,29-26-,32-30-,43-40-,44-27-. The summed E-state index contributed by atoms with van der Waals surface area (Å²) in [5.41, 5.74) is 0. The summed E-state index contributed by atoms with van der Waals surface area (Å²) in [7, 11) is 0. The first-order chi connectivity index (χ1) is 39.0. The SMILES string of the molecule is CC/C=C\C/C=C\C/C=C\C/C=C\CCCCCCCCC(=O)OC(COC(=O)CCCCCCC/C=C\C/C=C\CCCCC)COC(=O)CCCCCCCCCCCCCCCCC/C=C\CCCCCCCCCC. The van der Waals surface area contributed by atoms with Gasteiger partial charge in [0.1, 0.15) is 13.2 Å². The third-order valence-corrected chi connectivity index (χ3v) is 14.9. The number of rotatable bonds is 62. The maximum Gasteiger partial charge on any atom is 0.306 e. The Morgan fingerprint density at radius 2 is 0.494 bits per heavy atom. The maximum absolute atomic E-state index is 12.9. The van der Waals surface area contributed by atoms with Gasteiger partial charge in [-0.2, -0.15) is 0 Å². The van der Waals surface area contributed by atoms with E-state index in [0.717, 1.165) is 116 Å². The van der Waals surface area contributed by atoms with Crippen molar-refractivity contribution < 1.29 is 28.6 Å². The maximum atomic E-state index is 12.9. The van der Waals surface area contributed by atoms with Gasteiger partial charge in [0, 0.05) is 19.3 Å². The fourth-order valence-corrected chi connectivity index (χ4v) is 9.76. The van der Waals surface area contributed by atoms with E-state index in [-0.39, 0.29) is 31.1 Å². The Balaban J connectivity index is 4.31. The molecule has 6 heteroatoms. The lowest BCUT2D eigenvalue weighted by Gasteiger charge is -2.18. The Morgan fingerprint density at radius 3 is 0.810 bits per heavy atom. The minimum atomic E-state index is -0.792. The largest absolute Gasteiger partial charge is 0.462 e. The number of carbonyl (C=O) groups excluding carboxylic acids is 3. The van der Waals surface area contributed by atoms with Gasteiger partial charge in [-0.25, -0.2) is 0 Å². The molecule has 79 heavy (non-hydrogen) atoms. The lowest BCUT2D eigenvalue weighted by molar-refractivity contribution is -0.167. The molecule has 0 saturated heterocycles. The van der Waals surface area contributed by atoms with Crippen LogP contribution in [0.3, 0.4) is 0 Å². The van der Waals surface area contributed by atoms with Crippen molar-refractivity contribution in [3.8, 4) is 0 Å². The molecule has 0 amide bonds. The minimum Gasteiger partial charge on any atom is -0.462 e. The molecule has 0 saturated carbocycles. The van der Waals surface area contributed by atoms with Crippen LogP contribution in [0.5, 0.6) is 0 Å². The van der Waals surface area contributed by atoms with Crippen LogP contribution in [-0.4, -0.2) is 37.2 Å². The van der Waals surface area contributed by atoms with Gasteiger partial charge in [-0.3, -0.25) is 14.4 Å². The highest BCUT2D eigenvalue weighted by Gasteiger charge is 2.19. The molecule has 0 heterocycles. The van der Waals surface area contributed by atoms with Crippen LogP contribution in [0.25, 0.3) is 0 Å². The van der Waals surface area contributed by atoms with Crippen LogP contribution in [0.4, 0.5) is 0 Å². The van der Waals surface area contributed by atoms with Crippen molar-refractivity contribution in [3.05, 3.63) is 85.1 Å². The average molecular weight is 1100 g/mol. The van der Waals surface area contributed by atoms with E-state index >= 15 is 0 Å². The van der Waals surface area contributed by atoms with Crippen molar-refractivity contribution in [2.45, 2.75) is 348 Å². The Labute approximate surface area is 490 Å². The highest BCUT2D eigenvalue weighted by atomic mass is 16.6. The van der Waals surface area contributed by atoms with E-state index in [1.165, 1.54) is 186 Å². The lowest BCUT2D eigenvalue weighted by atomic mass is 10.0. The number of ether oxygens (including phenoxy) is 3. The van der Waals surface area contributed by atoms with Gasteiger partial charge in [0.2, 0.25) is 0 Å². The third kappa shape index (κ3) is 65.3. The van der Waals surface area contributed by atoms with Crippen molar-refractivity contribution in [3.63, 3.8) is 0 Å². The third-order valence-electron chi connectivity index (χ3n) is 14.9. The number of hydrogen-bond donors (Lipinski definition) is 0. The lowest BCUT2D eigenvalue weighted by Crippen LogP contribution is -2.30. The molecule has 1 unspecified atom stereocenters. The molecule has 0 aromatic heterocycles. The van der Waals surface area contributed by atoms with Crippen molar-refractivity contribution in [2.75, 3.05) is 13.2 Å². The highest BCUT2D eigenvalue weighted by Crippen LogP contribution is 2.17. The molecular formula is C73H128O6. The van der Waals surface area contributed by atoms with E-state index in [4.69, 9.17) is 14.2 Å². The van der Waals surface area contributed by atoms with Crippen LogP contribution < -0.4 is 0 Å². The first-order valence-corrected chi connectivity index (χ1v) is 34.1. The van der Waals surface area contributed by atoms with Crippen LogP contribution in [-0.2, 0) is 28.6 Å². The van der Waals surface area contributed by atoms with E-state index in [1.807, 2.05) is 0 Å². The molecule has 0 bridgehead atoms. The first kappa shape index (κ1) is 75.6. The predicted molar refractivity (Wildman–Crippen MR) is 344 cm³/mol. The molecule has 456 valence electrons. The van der Waals surface area contributed by atoms with Gasteiger partial charge >= 0.3 is 17.9 Å². The Hall–Kier alpha value is -3.41. The summed E-state index contributed by atoms with van der Waals surface area (Å²) >= 11 is 0. The fourth-order valence-electron chi connectivity index (χ4n) is 9.76. The van der Waals surface area contributed by atoms with Gasteiger partial charge in [-0.1, -0.05) is 292 Å². The Morgan fingerprint density at radius 1 is 0.266 bits per heavy atom. The van der Waals surface area contributed by atoms with Crippen LogP contribution in [0.15, 0.2) is 85.1 Å². The summed E-state index contributed by atoms with van der Waals surface area (Å²) in [6.45, 7) is 6.52. The summed E-state index contributed by atoms with van der Waals surface area (Å²) in [5, 5.41) is 0. The van der Waals surface area contributed by atoms with Crippen molar-refractivity contribution in [1.82, 2.24) is 0 Å². The molecule has 0 radical (unpaired) electrons. The van der Waals surface area contributed by atoms with Gasteiger partial charge < -0.3 is 14.2 Å². The van der Waals surface area contributed by atoms with E-state index in [9.17, 15) is 14.4 Å². The molecule has 0 rings (SSSR count). The summed E-state index contributed by atoms with van der Waals surface area (Å²) in [6, 6.07) is 0. The first-order valence-electron chi connectivity index (χ1n) is 34.1. The van der Waals surface area contributed by atoms with E-state index in [2.05, 4.69) is 106 Å². The molecule has 0 aromatic rings. The molecule has 0 fully saturated rings. The zero-order valence-corrected chi connectivity index (χ0v) is 52.4. The van der Waals surface area contributed by atoms with E-state index in [0.29, 0.717) is 19.3 Å². The molecule has 0 aliphatic carbocycles. The molecular weight excluding hydrogens is 973 g/mol. The second-order valence-corrected chi connectivity index (χ2v) is 22.7. The van der Waals surface area contributed by atoms with Crippen molar-refractivity contribution >= 4 is 17.9 Å². The molecule has 1 atom stereocenters. The number of carbonyl (C=O) groups is 3. The van der Waals surface area contributed by atoms with Crippen molar-refractivity contribution in [1.29, 1.82) is 0 Å². The topological polar surface area (TPSA) is 78.9 Å². The summed E-state index contributed by atoms with van der Waals surface area (Å²) < 4.78 is 16.9. The molecule has 0 aromatic carbocycles. The summed E-state index contributed by atoms with van der Waals surface area (Å²) in [4.78, 5) is 38.4. The Bertz CT molecular complexity index is 1500. The molecule has 0 aliphatic rings. The monoisotopic (exact) mass is 1100 g/mol. The van der Waals surface area contributed by atoms with Crippen LogP contribution in [0.2, 0.25) is 0 Å². The smallest absolute Gasteiger partial charge is 0.306 e.